The van der Waals surface area contributed by atoms with E-state index in [9.17, 15) is 19.5 Å². The van der Waals surface area contributed by atoms with Crippen molar-refractivity contribution >= 4 is 17.8 Å². The summed E-state index contributed by atoms with van der Waals surface area (Å²) in [6.45, 7) is 0.383. The number of hydrogen-bond donors (Lipinski definition) is 2. The topological polar surface area (TPSA) is 113 Å². The van der Waals surface area contributed by atoms with E-state index in [1.807, 2.05) is 0 Å². The summed E-state index contributed by atoms with van der Waals surface area (Å²) in [5, 5.41) is 18.8. The van der Waals surface area contributed by atoms with Gasteiger partial charge < -0.3 is 24.6 Å². The minimum absolute atomic E-state index is 0.00662. The second-order valence-corrected chi connectivity index (χ2v) is 6.76. The molecule has 2 heterocycles. The molecule has 2 N–H and O–H groups in total. The monoisotopic (exact) mass is 383 g/mol. The highest BCUT2D eigenvalue weighted by Crippen LogP contribution is 2.39. The molecule has 4 rings (SSSR count). The van der Waals surface area contributed by atoms with Gasteiger partial charge in [0.05, 0.1) is 11.5 Å². The van der Waals surface area contributed by atoms with Gasteiger partial charge in [0.2, 0.25) is 6.79 Å². The summed E-state index contributed by atoms with van der Waals surface area (Å²) in [5.41, 5.74) is 0.980. The van der Waals surface area contributed by atoms with Crippen LogP contribution in [-0.4, -0.2) is 52.8 Å². The molecule has 0 radical (unpaired) electrons. The van der Waals surface area contributed by atoms with Crippen LogP contribution < -0.4 is 9.47 Å². The predicted molar refractivity (Wildman–Crippen MR) is 95.7 cm³/mol. The highest BCUT2D eigenvalue weighted by molar-refractivity contribution is 5.98. The first kappa shape index (κ1) is 17.8. The van der Waals surface area contributed by atoms with Crippen LogP contribution in [0.1, 0.15) is 32.2 Å². The summed E-state index contributed by atoms with van der Waals surface area (Å²) in [7, 11) is 0. The number of aliphatic carboxylic acids is 1. The van der Waals surface area contributed by atoms with E-state index < -0.39 is 29.7 Å². The number of likely N-dealkylation sites (tertiary alicyclic amines) is 1. The molecule has 0 spiro atoms. The van der Waals surface area contributed by atoms with Crippen LogP contribution in [-0.2, 0) is 4.79 Å². The van der Waals surface area contributed by atoms with Crippen LogP contribution in [0.5, 0.6) is 11.5 Å². The quantitative estimate of drug-likeness (QED) is 0.831. The molecule has 0 unspecified atom stereocenters. The van der Waals surface area contributed by atoms with Crippen molar-refractivity contribution < 1.29 is 34.1 Å². The van der Waals surface area contributed by atoms with Gasteiger partial charge in [-0.2, -0.15) is 0 Å². The lowest BCUT2D eigenvalue weighted by atomic mass is 9.89. The van der Waals surface area contributed by atoms with Crippen LogP contribution in [0, 0.1) is 5.92 Å². The van der Waals surface area contributed by atoms with E-state index in [4.69, 9.17) is 14.6 Å². The molecule has 2 atom stereocenters. The molecule has 2 aromatic rings. The van der Waals surface area contributed by atoms with Gasteiger partial charge in [0.15, 0.2) is 11.5 Å². The number of hydrogen-bond acceptors (Lipinski definition) is 5. The molecule has 2 aliphatic rings. The van der Waals surface area contributed by atoms with Crippen molar-refractivity contribution in [3.05, 3.63) is 59.2 Å². The summed E-state index contributed by atoms with van der Waals surface area (Å²) in [6, 6.07) is 11.0. The predicted octanol–water partition coefficient (Wildman–Crippen LogP) is 2.05. The van der Waals surface area contributed by atoms with Crippen molar-refractivity contribution in [1.29, 1.82) is 0 Å². The number of nitrogens with zero attached hydrogens (tertiary/aromatic N) is 1. The highest BCUT2D eigenvalue weighted by atomic mass is 16.7. The van der Waals surface area contributed by atoms with Crippen molar-refractivity contribution in [1.82, 2.24) is 4.90 Å². The van der Waals surface area contributed by atoms with Crippen molar-refractivity contribution in [3.8, 4) is 11.5 Å². The van der Waals surface area contributed by atoms with Crippen LogP contribution in [0.3, 0.4) is 0 Å². The van der Waals surface area contributed by atoms with Crippen molar-refractivity contribution in [2.75, 3.05) is 19.9 Å². The zero-order valence-electron chi connectivity index (χ0n) is 14.7. The molecule has 0 saturated carbocycles. The Bertz CT molecular complexity index is 971. The number of carboxylic acid groups (broad SMARTS) is 2. The molecule has 0 aromatic heterocycles. The number of fused-ring (bicyclic) bond motifs is 1. The minimum atomic E-state index is -1.13. The molecule has 8 nitrogen and oxygen atoms in total. The Labute approximate surface area is 159 Å². The lowest BCUT2D eigenvalue weighted by Gasteiger charge is -2.17. The Hall–Kier alpha value is -3.55. The Morgan fingerprint density at radius 3 is 2.43 bits per heavy atom. The molecule has 28 heavy (non-hydrogen) atoms. The van der Waals surface area contributed by atoms with Gasteiger partial charge in [0.25, 0.3) is 5.91 Å². The molecule has 0 aliphatic carbocycles. The summed E-state index contributed by atoms with van der Waals surface area (Å²) in [5.74, 6) is -2.52. The molecule has 1 fully saturated rings. The third-order valence-electron chi connectivity index (χ3n) is 5.11. The van der Waals surface area contributed by atoms with Crippen molar-refractivity contribution in [2.24, 2.45) is 5.92 Å². The lowest BCUT2D eigenvalue weighted by molar-refractivity contribution is -0.141. The standard InChI is InChI=1S/C20H17NO7/c22-18(12-2-1-3-13(6-12)19(23)24)21-8-14(15(9-21)20(25)26)11-4-5-16-17(7-11)28-10-27-16/h1-7,14-15H,8-10H2,(H,23,24)(H,25,26)/t14-,15+/m0/s1. The van der Waals surface area contributed by atoms with Crippen LogP contribution in [0.4, 0.5) is 0 Å². The number of aromatic carboxylic acids is 1. The molecular formula is C20H17NO7. The maximum atomic E-state index is 12.8. The number of amides is 1. The first-order valence-corrected chi connectivity index (χ1v) is 8.69. The van der Waals surface area contributed by atoms with Gasteiger partial charge in [-0.25, -0.2) is 4.79 Å². The average Bonchev–Trinajstić information content (AvgIpc) is 3.34. The lowest BCUT2D eigenvalue weighted by Crippen LogP contribution is -2.30. The molecule has 144 valence electrons. The fourth-order valence-electron chi connectivity index (χ4n) is 3.67. The molecule has 1 amide bonds. The first-order chi connectivity index (χ1) is 13.4. The van der Waals surface area contributed by atoms with Crippen LogP contribution >= 0.6 is 0 Å². The fourth-order valence-corrected chi connectivity index (χ4v) is 3.67. The third kappa shape index (κ3) is 3.13. The maximum absolute atomic E-state index is 12.8. The van der Waals surface area contributed by atoms with Crippen LogP contribution in [0.15, 0.2) is 42.5 Å². The number of ether oxygens (including phenoxy) is 2. The van der Waals surface area contributed by atoms with Gasteiger partial charge in [-0.15, -0.1) is 0 Å². The van der Waals surface area contributed by atoms with E-state index in [-0.39, 0.29) is 31.0 Å². The number of carboxylic acids is 2. The Morgan fingerprint density at radius 2 is 1.68 bits per heavy atom. The van der Waals surface area contributed by atoms with Gasteiger partial charge in [0.1, 0.15) is 0 Å². The van der Waals surface area contributed by atoms with Gasteiger partial charge in [-0.1, -0.05) is 12.1 Å². The zero-order valence-corrected chi connectivity index (χ0v) is 14.7. The number of benzene rings is 2. The van der Waals surface area contributed by atoms with Gasteiger partial charge in [0, 0.05) is 24.6 Å². The summed E-state index contributed by atoms with van der Waals surface area (Å²) in [6.07, 6.45) is 0. The molecule has 1 saturated heterocycles. The molecule has 8 heteroatoms. The largest absolute Gasteiger partial charge is 0.481 e. The molecule has 2 aliphatic heterocycles. The van der Waals surface area contributed by atoms with Gasteiger partial charge in [-0.3, -0.25) is 9.59 Å². The highest BCUT2D eigenvalue weighted by Gasteiger charge is 2.41. The van der Waals surface area contributed by atoms with E-state index >= 15 is 0 Å². The second-order valence-electron chi connectivity index (χ2n) is 6.76. The van der Waals surface area contributed by atoms with Crippen molar-refractivity contribution in [3.63, 3.8) is 0 Å². The van der Waals surface area contributed by atoms with Gasteiger partial charge >= 0.3 is 11.9 Å². The minimum Gasteiger partial charge on any atom is -0.481 e. The summed E-state index contributed by atoms with van der Waals surface area (Å²) < 4.78 is 10.7. The van der Waals surface area contributed by atoms with E-state index in [2.05, 4.69) is 0 Å². The van der Waals surface area contributed by atoms with Gasteiger partial charge in [-0.05, 0) is 35.9 Å². The molecular weight excluding hydrogens is 366 g/mol. The summed E-state index contributed by atoms with van der Waals surface area (Å²) in [4.78, 5) is 37.2. The summed E-state index contributed by atoms with van der Waals surface area (Å²) >= 11 is 0. The second kappa shape index (κ2) is 6.88. The number of carbonyl (C=O) groups excluding carboxylic acids is 1. The van der Waals surface area contributed by atoms with E-state index in [1.165, 1.54) is 29.2 Å². The maximum Gasteiger partial charge on any atom is 0.335 e. The van der Waals surface area contributed by atoms with Crippen LogP contribution in [0.2, 0.25) is 0 Å². The van der Waals surface area contributed by atoms with E-state index in [0.717, 1.165) is 5.56 Å². The van der Waals surface area contributed by atoms with Crippen LogP contribution in [0.25, 0.3) is 0 Å². The first-order valence-electron chi connectivity index (χ1n) is 8.69. The Morgan fingerprint density at radius 1 is 0.929 bits per heavy atom. The SMILES string of the molecule is O=C(O)c1cccc(C(=O)N2C[C@@H](C(=O)O)[C@H](c3ccc4c(c3)OCO4)C2)c1. The zero-order chi connectivity index (χ0) is 19.8. The van der Waals surface area contributed by atoms with Crippen molar-refractivity contribution in [2.45, 2.75) is 5.92 Å². The van der Waals surface area contributed by atoms with E-state index in [1.54, 1.807) is 18.2 Å². The Balaban J connectivity index is 1.60. The molecule has 2 aromatic carbocycles. The number of rotatable bonds is 4. The fraction of sp³-hybridized carbons (Fsp3) is 0.250. The molecule has 0 bridgehead atoms. The smallest absolute Gasteiger partial charge is 0.335 e. The third-order valence-corrected chi connectivity index (χ3v) is 5.11. The average molecular weight is 383 g/mol. The Kier molecular flexibility index (Phi) is 4.38. The normalized spacial score (nSPS) is 20.2. The number of carbonyl (C=O) groups is 3. The van der Waals surface area contributed by atoms with E-state index in [0.29, 0.717) is 11.5 Å².